The summed E-state index contributed by atoms with van der Waals surface area (Å²) < 4.78 is 25.1. The quantitative estimate of drug-likeness (QED) is 0.322. The number of hydrogen-bond acceptors (Lipinski definition) is 5. The van der Waals surface area contributed by atoms with Crippen LogP contribution in [-0.2, 0) is 24.5 Å². The molecule has 1 heterocycles. The molecule has 0 fully saturated rings. The van der Waals surface area contributed by atoms with Gasteiger partial charge in [0.25, 0.3) is 0 Å². The molecular formula is C33H34FNO4. The van der Waals surface area contributed by atoms with Crippen LogP contribution in [0.25, 0.3) is 5.57 Å². The summed E-state index contributed by atoms with van der Waals surface area (Å²) in [6, 6.07) is 25.6. The first-order chi connectivity index (χ1) is 18.9. The molecule has 3 aromatic carbocycles. The number of rotatable bonds is 8. The van der Waals surface area contributed by atoms with Gasteiger partial charge in [-0.2, -0.15) is 0 Å². The fourth-order valence-electron chi connectivity index (χ4n) is 5.49. The van der Waals surface area contributed by atoms with Crippen molar-refractivity contribution >= 4 is 17.5 Å². The SMILES string of the molecule is CCOC(=O)C1=C(C(=O)OCC)N(CC)C(C)C(c2ccccc2)(c2ccccc2)C=C1c1ccc(F)cc1. The van der Waals surface area contributed by atoms with E-state index in [0.29, 0.717) is 17.7 Å². The highest BCUT2D eigenvalue weighted by Gasteiger charge is 2.47. The van der Waals surface area contributed by atoms with Gasteiger partial charge in [-0.05, 0) is 62.1 Å². The molecule has 1 aliphatic rings. The van der Waals surface area contributed by atoms with Gasteiger partial charge < -0.3 is 14.4 Å². The number of hydrogen-bond donors (Lipinski definition) is 0. The average molecular weight is 528 g/mol. The average Bonchev–Trinajstić information content (AvgIpc) is 3.07. The number of benzene rings is 3. The maximum atomic E-state index is 14.1. The largest absolute Gasteiger partial charge is 0.462 e. The van der Waals surface area contributed by atoms with Crippen LogP contribution in [0.1, 0.15) is 44.4 Å². The highest BCUT2D eigenvalue weighted by Crippen LogP contribution is 2.47. The van der Waals surface area contributed by atoms with E-state index in [4.69, 9.17) is 9.47 Å². The Bertz CT molecular complexity index is 1320. The Kier molecular flexibility index (Phi) is 8.65. The van der Waals surface area contributed by atoms with Crippen molar-refractivity contribution < 1.29 is 23.5 Å². The lowest BCUT2D eigenvalue weighted by atomic mass is 9.68. The first kappa shape index (κ1) is 27.8. The van der Waals surface area contributed by atoms with E-state index < -0.39 is 23.2 Å². The van der Waals surface area contributed by atoms with E-state index in [2.05, 4.69) is 31.2 Å². The van der Waals surface area contributed by atoms with Crippen molar-refractivity contribution in [1.82, 2.24) is 4.90 Å². The molecular weight excluding hydrogens is 493 g/mol. The zero-order valence-electron chi connectivity index (χ0n) is 22.8. The van der Waals surface area contributed by atoms with Crippen molar-refractivity contribution in [3.05, 3.63) is 125 Å². The predicted molar refractivity (Wildman–Crippen MR) is 150 cm³/mol. The zero-order valence-corrected chi connectivity index (χ0v) is 22.8. The van der Waals surface area contributed by atoms with Crippen LogP contribution in [0.4, 0.5) is 4.39 Å². The lowest BCUT2D eigenvalue weighted by Gasteiger charge is -2.44. The van der Waals surface area contributed by atoms with Gasteiger partial charge in [-0.1, -0.05) is 78.9 Å². The van der Waals surface area contributed by atoms with E-state index in [1.165, 1.54) is 12.1 Å². The van der Waals surface area contributed by atoms with Crippen LogP contribution in [0.15, 0.2) is 102 Å². The van der Waals surface area contributed by atoms with Crippen LogP contribution < -0.4 is 0 Å². The molecule has 4 rings (SSSR count). The molecule has 1 aliphatic heterocycles. The molecule has 0 aromatic heterocycles. The molecule has 0 spiro atoms. The highest BCUT2D eigenvalue weighted by molar-refractivity contribution is 6.13. The molecule has 0 saturated heterocycles. The highest BCUT2D eigenvalue weighted by atomic mass is 19.1. The maximum absolute atomic E-state index is 14.1. The lowest BCUT2D eigenvalue weighted by Crippen LogP contribution is -2.49. The topological polar surface area (TPSA) is 55.8 Å². The summed E-state index contributed by atoms with van der Waals surface area (Å²) in [7, 11) is 0. The summed E-state index contributed by atoms with van der Waals surface area (Å²) in [5.41, 5.74) is 2.45. The van der Waals surface area contributed by atoms with E-state index in [9.17, 15) is 14.0 Å². The fraction of sp³-hybridized carbons (Fsp3) is 0.273. The van der Waals surface area contributed by atoms with Crippen LogP contribution in [0.3, 0.4) is 0 Å². The normalized spacial score (nSPS) is 16.8. The number of esters is 2. The van der Waals surface area contributed by atoms with Crippen LogP contribution >= 0.6 is 0 Å². The minimum absolute atomic E-state index is 0.101. The smallest absolute Gasteiger partial charge is 0.355 e. The van der Waals surface area contributed by atoms with Crippen molar-refractivity contribution in [3.8, 4) is 0 Å². The summed E-state index contributed by atoms with van der Waals surface area (Å²) in [6.45, 7) is 8.14. The van der Waals surface area contributed by atoms with Gasteiger partial charge in [-0.3, -0.25) is 0 Å². The zero-order chi connectivity index (χ0) is 28.0. The third-order valence-electron chi connectivity index (χ3n) is 7.24. The van der Waals surface area contributed by atoms with Crippen molar-refractivity contribution in [2.45, 2.75) is 39.2 Å². The molecule has 0 saturated carbocycles. The third-order valence-corrected chi connectivity index (χ3v) is 7.24. The van der Waals surface area contributed by atoms with Gasteiger partial charge in [-0.15, -0.1) is 0 Å². The van der Waals surface area contributed by atoms with Gasteiger partial charge >= 0.3 is 11.9 Å². The van der Waals surface area contributed by atoms with E-state index >= 15 is 0 Å². The molecule has 3 aromatic rings. The van der Waals surface area contributed by atoms with Gasteiger partial charge in [-0.25, -0.2) is 14.0 Å². The predicted octanol–water partition coefficient (Wildman–Crippen LogP) is 6.30. The van der Waals surface area contributed by atoms with Crippen LogP contribution in [0.5, 0.6) is 0 Å². The summed E-state index contributed by atoms with van der Waals surface area (Å²) in [4.78, 5) is 29.4. The molecule has 1 unspecified atom stereocenters. The number of carbonyl (C=O) groups is 2. The molecule has 1 atom stereocenters. The Morgan fingerprint density at radius 1 is 0.795 bits per heavy atom. The summed E-state index contributed by atoms with van der Waals surface area (Å²) in [5, 5.41) is 0. The molecule has 0 radical (unpaired) electrons. The van der Waals surface area contributed by atoms with E-state index in [1.807, 2.05) is 54.3 Å². The van der Waals surface area contributed by atoms with Crippen molar-refractivity contribution in [2.75, 3.05) is 19.8 Å². The van der Waals surface area contributed by atoms with E-state index in [0.717, 1.165) is 11.1 Å². The van der Waals surface area contributed by atoms with Crippen LogP contribution in [0.2, 0.25) is 0 Å². The molecule has 0 amide bonds. The Hall–Kier alpha value is -4.19. The molecule has 6 heteroatoms. The van der Waals surface area contributed by atoms with E-state index in [-0.39, 0.29) is 30.5 Å². The molecule has 5 nitrogen and oxygen atoms in total. The Morgan fingerprint density at radius 3 is 1.79 bits per heavy atom. The molecule has 0 aliphatic carbocycles. The van der Waals surface area contributed by atoms with E-state index in [1.54, 1.807) is 26.0 Å². The monoisotopic (exact) mass is 527 g/mol. The number of halogens is 1. The number of carbonyl (C=O) groups excluding carboxylic acids is 2. The van der Waals surface area contributed by atoms with Gasteiger partial charge in [0.05, 0.1) is 24.2 Å². The Labute approximate surface area is 229 Å². The number of likely N-dealkylation sites (N-methyl/N-ethyl adjacent to an activating group) is 1. The van der Waals surface area contributed by atoms with Gasteiger partial charge in [0.15, 0.2) is 0 Å². The number of nitrogens with zero attached hydrogens (tertiary/aromatic N) is 1. The summed E-state index contributed by atoms with van der Waals surface area (Å²) >= 11 is 0. The second kappa shape index (κ2) is 12.1. The second-order valence-electron chi connectivity index (χ2n) is 9.29. The van der Waals surface area contributed by atoms with Gasteiger partial charge in [0.1, 0.15) is 11.5 Å². The van der Waals surface area contributed by atoms with Gasteiger partial charge in [0, 0.05) is 12.6 Å². The molecule has 0 bridgehead atoms. The molecule has 0 N–H and O–H groups in total. The first-order valence-electron chi connectivity index (χ1n) is 13.3. The fourth-order valence-corrected chi connectivity index (χ4v) is 5.49. The lowest BCUT2D eigenvalue weighted by molar-refractivity contribution is -0.143. The van der Waals surface area contributed by atoms with Crippen LogP contribution in [0, 0.1) is 5.82 Å². The second-order valence-corrected chi connectivity index (χ2v) is 9.29. The molecule has 39 heavy (non-hydrogen) atoms. The van der Waals surface area contributed by atoms with Crippen molar-refractivity contribution in [2.24, 2.45) is 0 Å². The number of ether oxygens (including phenoxy) is 2. The Morgan fingerprint density at radius 2 is 1.31 bits per heavy atom. The minimum atomic E-state index is -0.811. The van der Waals surface area contributed by atoms with Crippen molar-refractivity contribution in [3.63, 3.8) is 0 Å². The summed E-state index contributed by atoms with van der Waals surface area (Å²) in [5.74, 6) is -1.65. The van der Waals surface area contributed by atoms with Gasteiger partial charge in [0.2, 0.25) is 0 Å². The first-order valence-corrected chi connectivity index (χ1v) is 13.3. The third kappa shape index (κ3) is 5.24. The summed E-state index contributed by atoms with van der Waals surface area (Å²) in [6.07, 6.45) is 2.04. The van der Waals surface area contributed by atoms with Crippen molar-refractivity contribution in [1.29, 1.82) is 0 Å². The minimum Gasteiger partial charge on any atom is -0.462 e. The molecule has 202 valence electrons. The van der Waals surface area contributed by atoms with Crippen LogP contribution in [-0.4, -0.2) is 42.6 Å². The Balaban J connectivity index is 2.20. The maximum Gasteiger partial charge on any atom is 0.355 e. The standard InChI is InChI=1S/C33H34FNO4/c1-5-35-23(4)33(25-14-10-8-11-15-25,26-16-12-9-13-17-26)22-28(24-18-20-27(34)21-19-24)29(31(36)38-6-2)30(35)32(37)39-7-3/h8-23H,5-7H2,1-4H3.